The van der Waals surface area contributed by atoms with Crippen molar-refractivity contribution in [1.29, 1.82) is 0 Å². The van der Waals surface area contributed by atoms with Crippen molar-refractivity contribution in [1.82, 2.24) is 4.90 Å². The van der Waals surface area contributed by atoms with E-state index >= 15 is 0 Å². The SMILES string of the molecule is CCC(CC)=C(CC)C(=O)N(CCP(=O)(O)O)CC(CC)P(=O)(O)O. The van der Waals surface area contributed by atoms with Crippen LogP contribution < -0.4 is 0 Å². The molecule has 1 unspecified atom stereocenters. The summed E-state index contributed by atoms with van der Waals surface area (Å²) in [5.41, 5.74) is 0.437. The molecular formula is C15H31NO7P2. The number of hydrogen-bond acceptors (Lipinski definition) is 3. The fourth-order valence-electron chi connectivity index (χ4n) is 2.67. The van der Waals surface area contributed by atoms with Crippen LogP contribution in [0, 0.1) is 0 Å². The maximum absolute atomic E-state index is 12.9. The molecule has 0 heterocycles. The van der Waals surface area contributed by atoms with E-state index < -0.39 is 32.9 Å². The van der Waals surface area contributed by atoms with Crippen molar-refractivity contribution in [2.24, 2.45) is 0 Å². The van der Waals surface area contributed by atoms with Crippen LogP contribution >= 0.6 is 15.2 Å². The molecule has 0 aliphatic carbocycles. The lowest BCUT2D eigenvalue weighted by molar-refractivity contribution is -0.127. The first-order valence-corrected chi connectivity index (χ1v) is 12.0. The Bertz CT molecular complexity index is 558. The summed E-state index contributed by atoms with van der Waals surface area (Å²) in [5, 5.41) is 0. The van der Waals surface area contributed by atoms with E-state index in [1.54, 1.807) is 6.92 Å². The van der Waals surface area contributed by atoms with Gasteiger partial charge < -0.3 is 24.5 Å². The Morgan fingerprint density at radius 1 is 0.960 bits per heavy atom. The number of rotatable bonds is 11. The van der Waals surface area contributed by atoms with Crippen LogP contribution in [0.15, 0.2) is 11.1 Å². The van der Waals surface area contributed by atoms with E-state index in [9.17, 15) is 23.7 Å². The van der Waals surface area contributed by atoms with E-state index in [1.165, 1.54) is 4.90 Å². The summed E-state index contributed by atoms with van der Waals surface area (Å²) in [6, 6.07) is 0. The average molecular weight is 399 g/mol. The van der Waals surface area contributed by atoms with Crippen LogP contribution in [0.3, 0.4) is 0 Å². The van der Waals surface area contributed by atoms with Gasteiger partial charge in [0.2, 0.25) is 5.91 Å². The van der Waals surface area contributed by atoms with Crippen LogP contribution in [0.4, 0.5) is 0 Å². The van der Waals surface area contributed by atoms with Crippen molar-refractivity contribution in [2.45, 2.75) is 59.0 Å². The van der Waals surface area contributed by atoms with Crippen LogP contribution in [-0.2, 0) is 13.9 Å². The summed E-state index contributed by atoms with van der Waals surface area (Å²) in [6.07, 6.45) is 1.42. The van der Waals surface area contributed by atoms with Crippen LogP contribution in [0.5, 0.6) is 0 Å². The Hall–Kier alpha value is -0.490. The number of carbonyl (C=O) groups excluding carboxylic acids is 1. The summed E-state index contributed by atoms with van der Waals surface area (Å²) in [7, 11) is -8.75. The molecule has 0 saturated heterocycles. The zero-order valence-electron chi connectivity index (χ0n) is 15.4. The first kappa shape index (κ1) is 24.5. The van der Waals surface area contributed by atoms with Crippen molar-refractivity contribution in [3.63, 3.8) is 0 Å². The van der Waals surface area contributed by atoms with Crippen molar-refractivity contribution in [3.8, 4) is 0 Å². The summed E-state index contributed by atoms with van der Waals surface area (Å²) in [5.74, 6) is -0.401. The first-order chi connectivity index (χ1) is 11.4. The van der Waals surface area contributed by atoms with Gasteiger partial charge in [0.05, 0.1) is 11.8 Å². The highest BCUT2D eigenvalue weighted by atomic mass is 31.2. The van der Waals surface area contributed by atoms with Gasteiger partial charge >= 0.3 is 15.2 Å². The first-order valence-electron chi connectivity index (χ1n) is 8.51. The highest BCUT2D eigenvalue weighted by Gasteiger charge is 2.32. The lowest BCUT2D eigenvalue weighted by Crippen LogP contribution is -2.40. The molecule has 10 heteroatoms. The van der Waals surface area contributed by atoms with Gasteiger partial charge in [0, 0.05) is 18.7 Å². The molecule has 0 fully saturated rings. The van der Waals surface area contributed by atoms with Crippen LogP contribution in [-0.4, -0.2) is 55.3 Å². The molecule has 0 radical (unpaired) electrons. The second-order valence-electron chi connectivity index (χ2n) is 5.93. The molecule has 8 nitrogen and oxygen atoms in total. The minimum Gasteiger partial charge on any atom is -0.337 e. The largest absolute Gasteiger partial charge is 0.337 e. The molecule has 0 saturated carbocycles. The fourth-order valence-corrected chi connectivity index (χ4v) is 4.06. The van der Waals surface area contributed by atoms with Gasteiger partial charge in [-0.3, -0.25) is 13.9 Å². The minimum absolute atomic E-state index is 0.156. The predicted octanol–water partition coefficient (Wildman–Crippen LogP) is 2.48. The topological polar surface area (TPSA) is 135 Å². The molecule has 0 aliphatic rings. The van der Waals surface area contributed by atoms with Crippen molar-refractivity contribution in [3.05, 3.63) is 11.1 Å². The molecule has 0 aromatic rings. The number of carbonyl (C=O) groups is 1. The van der Waals surface area contributed by atoms with Gasteiger partial charge in [0.25, 0.3) is 0 Å². The second-order valence-corrected chi connectivity index (χ2v) is 9.62. The maximum atomic E-state index is 12.9. The molecule has 25 heavy (non-hydrogen) atoms. The van der Waals surface area contributed by atoms with Crippen LogP contribution in [0.1, 0.15) is 53.4 Å². The van der Waals surface area contributed by atoms with E-state index in [0.29, 0.717) is 24.8 Å². The molecule has 148 valence electrons. The average Bonchev–Trinajstić information content (AvgIpc) is 2.49. The van der Waals surface area contributed by atoms with E-state index in [1.807, 2.05) is 20.8 Å². The highest BCUT2D eigenvalue weighted by molar-refractivity contribution is 7.52. The van der Waals surface area contributed by atoms with Crippen molar-refractivity contribution >= 4 is 21.1 Å². The molecule has 0 aromatic carbocycles. The zero-order valence-corrected chi connectivity index (χ0v) is 17.2. The van der Waals surface area contributed by atoms with Crippen molar-refractivity contribution in [2.75, 3.05) is 19.3 Å². The highest BCUT2D eigenvalue weighted by Crippen LogP contribution is 2.43. The van der Waals surface area contributed by atoms with Crippen molar-refractivity contribution < 1.29 is 33.5 Å². The Morgan fingerprint density at radius 3 is 1.80 bits per heavy atom. The Labute approximate surface area is 149 Å². The third-order valence-electron chi connectivity index (χ3n) is 4.22. The summed E-state index contributed by atoms with van der Waals surface area (Å²) in [6.45, 7) is 6.79. The van der Waals surface area contributed by atoms with Gasteiger partial charge in [-0.15, -0.1) is 0 Å². The lowest BCUT2D eigenvalue weighted by Gasteiger charge is -2.29. The van der Waals surface area contributed by atoms with Gasteiger partial charge in [0.1, 0.15) is 0 Å². The van der Waals surface area contributed by atoms with Gasteiger partial charge in [-0.25, -0.2) is 0 Å². The summed E-state index contributed by atoms with van der Waals surface area (Å²) in [4.78, 5) is 51.2. The maximum Gasteiger partial charge on any atom is 0.330 e. The molecule has 0 rings (SSSR count). The summed E-state index contributed by atoms with van der Waals surface area (Å²) < 4.78 is 22.8. The van der Waals surface area contributed by atoms with E-state index in [-0.39, 0.29) is 19.5 Å². The molecule has 0 aliphatic heterocycles. The minimum atomic E-state index is -4.41. The predicted molar refractivity (Wildman–Crippen MR) is 97.5 cm³/mol. The lowest BCUT2D eigenvalue weighted by atomic mass is 10.00. The molecule has 0 bridgehead atoms. The Morgan fingerprint density at radius 2 is 1.48 bits per heavy atom. The summed E-state index contributed by atoms with van der Waals surface area (Å²) >= 11 is 0. The normalized spacial score (nSPS) is 13.4. The molecule has 4 N–H and O–H groups in total. The van der Waals surface area contributed by atoms with Gasteiger partial charge in [-0.1, -0.05) is 33.3 Å². The Kier molecular flexibility index (Phi) is 10.4. The van der Waals surface area contributed by atoms with Crippen LogP contribution in [0.25, 0.3) is 0 Å². The zero-order chi connectivity index (χ0) is 19.8. The number of amides is 1. The number of hydrogen-bond donors (Lipinski definition) is 4. The molecule has 1 atom stereocenters. The number of allylic oxidation sites excluding steroid dienone is 1. The third-order valence-corrected chi connectivity index (χ3v) is 6.48. The van der Waals surface area contributed by atoms with E-state index in [4.69, 9.17) is 9.79 Å². The van der Waals surface area contributed by atoms with Gasteiger partial charge in [-0.05, 0) is 25.7 Å². The van der Waals surface area contributed by atoms with Gasteiger partial charge in [0.15, 0.2) is 0 Å². The van der Waals surface area contributed by atoms with E-state index in [0.717, 1.165) is 5.57 Å². The van der Waals surface area contributed by atoms with E-state index in [2.05, 4.69) is 0 Å². The quantitative estimate of drug-likeness (QED) is 0.310. The van der Waals surface area contributed by atoms with Gasteiger partial charge in [-0.2, -0.15) is 0 Å². The molecule has 0 spiro atoms. The fraction of sp³-hybridized carbons (Fsp3) is 0.800. The third kappa shape index (κ3) is 8.63. The molecule has 0 aromatic heterocycles. The molecule has 1 amide bonds. The number of nitrogens with zero attached hydrogens (tertiary/aromatic N) is 1. The Balaban J connectivity index is 5.71. The second kappa shape index (κ2) is 10.6. The smallest absolute Gasteiger partial charge is 0.330 e. The van der Waals surface area contributed by atoms with Crippen LogP contribution in [0.2, 0.25) is 0 Å². The monoisotopic (exact) mass is 399 g/mol. The molecular weight excluding hydrogens is 368 g/mol. The standard InChI is InChI=1S/C15H31NO7P2/c1-5-12(6-2)14(8-4)15(17)16(9-10-24(18,19)20)11-13(7-3)25(21,22)23/h13H,5-11H2,1-4H3,(H2,18,19,20)(H2,21,22,23).